The van der Waals surface area contributed by atoms with E-state index in [1.165, 1.54) is 6.92 Å². The van der Waals surface area contributed by atoms with Crippen LogP contribution in [0.4, 0.5) is 0 Å². The Labute approximate surface area is 63.8 Å². The van der Waals surface area contributed by atoms with E-state index >= 15 is 0 Å². The molecule has 0 spiro atoms. The Kier molecular flexibility index (Phi) is 2.46. The summed E-state index contributed by atoms with van der Waals surface area (Å²) in [5, 5.41) is 37.7. The van der Waals surface area contributed by atoms with Crippen molar-refractivity contribution in [1.29, 1.82) is 0 Å². The molecule has 0 saturated carbocycles. The summed E-state index contributed by atoms with van der Waals surface area (Å²) in [7, 11) is 0. The molecule has 1 heterocycles. The van der Waals surface area contributed by atoms with Gasteiger partial charge in [-0.2, -0.15) is 0 Å². The molecular weight excluding hydrogens is 152 g/mol. The zero-order valence-corrected chi connectivity index (χ0v) is 6.04. The second-order valence-corrected chi connectivity index (χ2v) is 2.68. The smallest absolute Gasteiger partial charge is 0.109 e. The van der Waals surface area contributed by atoms with Gasteiger partial charge in [0.25, 0.3) is 0 Å². The average Bonchev–Trinajstić information content (AvgIpc) is 1.97. The molecule has 3 N–H and O–H groups in total. The first-order valence-corrected chi connectivity index (χ1v) is 3.39. The largest absolute Gasteiger partial charge is 0.829 e. The molecule has 0 unspecified atom stereocenters. The van der Waals surface area contributed by atoms with E-state index in [-0.39, 0.29) is 0 Å². The maximum atomic E-state index is 10.7. The summed E-state index contributed by atoms with van der Waals surface area (Å²) in [6, 6.07) is 0. The van der Waals surface area contributed by atoms with E-state index in [1.807, 2.05) is 0 Å². The highest BCUT2D eigenvalue weighted by atomic mass is 16.6. The molecule has 1 aliphatic rings. The van der Waals surface area contributed by atoms with Crippen molar-refractivity contribution in [3.8, 4) is 0 Å². The van der Waals surface area contributed by atoms with Crippen LogP contribution in [0.1, 0.15) is 6.92 Å². The van der Waals surface area contributed by atoms with Gasteiger partial charge in [0.2, 0.25) is 0 Å². The third-order valence-electron chi connectivity index (χ3n) is 1.81. The maximum Gasteiger partial charge on any atom is 0.109 e. The maximum absolute atomic E-state index is 10.7. The van der Waals surface area contributed by atoms with E-state index in [9.17, 15) is 5.11 Å². The van der Waals surface area contributed by atoms with E-state index in [2.05, 4.69) is 4.74 Å². The van der Waals surface area contributed by atoms with Crippen LogP contribution in [0, 0.1) is 0 Å². The summed E-state index contributed by atoms with van der Waals surface area (Å²) in [6.07, 6.45) is -6.52. The van der Waals surface area contributed by atoms with Crippen LogP contribution in [0.3, 0.4) is 0 Å². The molecule has 0 aromatic rings. The number of rotatable bonds is 0. The average molecular weight is 163 g/mol. The van der Waals surface area contributed by atoms with Gasteiger partial charge in [0.1, 0.15) is 12.2 Å². The molecule has 0 amide bonds. The number of aliphatic hydroxyl groups is 3. The zero-order chi connectivity index (χ0) is 8.59. The fourth-order valence-corrected chi connectivity index (χ4v) is 1.01. The summed E-state index contributed by atoms with van der Waals surface area (Å²) in [5.41, 5.74) is 0. The van der Waals surface area contributed by atoms with Crippen molar-refractivity contribution >= 4 is 0 Å². The van der Waals surface area contributed by atoms with Crippen LogP contribution in [0.5, 0.6) is 0 Å². The first-order valence-electron chi connectivity index (χ1n) is 3.39. The van der Waals surface area contributed by atoms with Gasteiger partial charge >= 0.3 is 0 Å². The lowest BCUT2D eigenvalue weighted by Crippen LogP contribution is -2.60. The minimum atomic E-state index is -1.66. The van der Waals surface area contributed by atoms with Gasteiger partial charge in [0.05, 0.1) is 12.2 Å². The van der Waals surface area contributed by atoms with Gasteiger partial charge in [-0.15, -0.1) is 0 Å². The molecular formula is C6H11O5-. The van der Waals surface area contributed by atoms with E-state index in [0.717, 1.165) is 0 Å². The van der Waals surface area contributed by atoms with Crippen molar-refractivity contribution in [2.24, 2.45) is 0 Å². The quantitative estimate of drug-likeness (QED) is 0.358. The number of ether oxygens (including phenoxy) is 1. The first kappa shape index (κ1) is 8.89. The summed E-state index contributed by atoms with van der Waals surface area (Å²) in [6.45, 7) is 1.46. The molecule has 0 bridgehead atoms. The van der Waals surface area contributed by atoms with Gasteiger partial charge in [-0.05, 0) is 6.92 Å². The van der Waals surface area contributed by atoms with Crippen LogP contribution in [0.2, 0.25) is 0 Å². The second-order valence-electron chi connectivity index (χ2n) is 2.68. The number of aliphatic hydroxyl groups excluding tert-OH is 3. The molecule has 66 valence electrons. The van der Waals surface area contributed by atoms with Crippen molar-refractivity contribution in [1.82, 2.24) is 0 Å². The number of hydrogen-bond acceptors (Lipinski definition) is 5. The van der Waals surface area contributed by atoms with Gasteiger partial charge in [0, 0.05) is 6.29 Å². The molecule has 1 saturated heterocycles. The molecule has 0 aromatic heterocycles. The van der Waals surface area contributed by atoms with Crippen molar-refractivity contribution in [3.05, 3.63) is 0 Å². The SMILES string of the molecule is C[C@@H]1O[C@H]([O-])[C@H](O)[C@H](O)[C@H]1O. The lowest BCUT2D eigenvalue weighted by Gasteiger charge is -2.42. The Morgan fingerprint density at radius 3 is 2.18 bits per heavy atom. The predicted molar refractivity (Wildman–Crippen MR) is 32.4 cm³/mol. The van der Waals surface area contributed by atoms with Crippen LogP contribution in [0.15, 0.2) is 0 Å². The van der Waals surface area contributed by atoms with Crippen LogP contribution < -0.4 is 5.11 Å². The molecule has 5 nitrogen and oxygen atoms in total. The highest BCUT2D eigenvalue weighted by Crippen LogP contribution is 2.17. The highest BCUT2D eigenvalue weighted by Gasteiger charge is 2.36. The minimum Gasteiger partial charge on any atom is -0.829 e. The third-order valence-corrected chi connectivity index (χ3v) is 1.81. The molecule has 0 radical (unpaired) electrons. The summed E-state index contributed by atoms with van der Waals surface area (Å²) in [5.74, 6) is 0. The molecule has 1 fully saturated rings. The molecule has 0 aromatic carbocycles. The summed E-state index contributed by atoms with van der Waals surface area (Å²) < 4.78 is 4.57. The third kappa shape index (κ3) is 1.52. The minimum absolute atomic E-state index is 0.726. The summed E-state index contributed by atoms with van der Waals surface area (Å²) >= 11 is 0. The Balaban J connectivity index is 2.63. The standard InChI is InChI=1S/C6H11O5/c1-2-3(7)4(8)5(9)6(10)11-2/h2-9H,1H3/q-1/t2-,3-,4+,5+,6-/m0/s1. The van der Waals surface area contributed by atoms with E-state index in [4.69, 9.17) is 15.3 Å². The Morgan fingerprint density at radius 2 is 1.64 bits per heavy atom. The normalized spacial score (nSPS) is 52.6. The monoisotopic (exact) mass is 163 g/mol. The van der Waals surface area contributed by atoms with E-state index in [0.29, 0.717) is 0 Å². The van der Waals surface area contributed by atoms with Gasteiger partial charge in [-0.25, -0.2) is 0 Å². The second kappa shape index (κ2) is 3.04. The predicted octanol–water partition coefficient (Wildman–Crippen LogP) is -2.83. The van der Waals surface area contributed by atoms with Crippen LogP contribution in [-0.4, -0.2) is 46.0 Å². The summed E-state index contributed by atoms with van der Waals surface area (Å²) in [4.78, 5) is 0. The van der Waals surface area contributed by atoms with Gasteiger partial charge < -0.3 is 25.2 Å². The fraction of sp³-hybridized carbons (Fsp3) is 1.00. The topological polar surface area (TPSA) is 93.0 Å². The van der Waals surface area contributed by atoms with Crippen LogP contribution in [-0.2, 0) is 4.74 Å². The lowest BCUT2D eigenvalue weighted by atomic mass is 10.0. The van der Waals surface area contributed by atoms with Gasteiger partial charge in [-0.3, -0.25) is 0 Å². The Hall–Kier alpha value is -0.200. The van der Waals surface area contributed by atoms with Crippen molar-refractivity contribution in [2.45, 2.75) is 37.6 Å². The lowest BCUT2D eigenvalue weighted by molar-refractivity contribution is -0.531. The van der Waals surface area contributed by atoms with Crippen LogP contribution in [0.25, 0.3) is 0 Å². The zero-order valence-electron chi connectivity index (χ0n) is 6.04. The number of hydrogen-bond donors (Lipinski definition) is 3. The fourth-order valence-electron chi connectivity index (χ4n) is 1.01. The first-order chi connectivity index (χ1) is 5.04. The molecule has 0 aliphatic carbocycles. The van der Waals surface area contributed by atoms with E-state index in [1.54, 1.807) is 0 Å². The van der Waals surface area contributed by atoms with Crippen molar-refractivity contribution in [2.75, 3.05) is 0 Å². The van der Waals surface area contributed by atoms with Crippen molar-refractivity contribution in [3.63, 3.8) is 0 Å². The van der Waals surface area contributed by atoms with Crippen molar-refractivity contribution < 1.29 is 25.2 Å². The van der Waals surface area contributed by atoms with Gasteiger partial charge in [-0.1, -0.05) is 0 Å². The molecule has 1 aliphatic heterocycles. The van der Waals surface area contributed by atoms with Crippen LogP contribution >= 0.6 is 0 Å². The molecule has 11 heavy (non-hydrogen) atoms. The molecule has 5 atom stereocenters. The highest BCUT2D eigenvalue weighted by molar-refractivity contribution is 4.85. The molecule has 5 heteroatoms. The van der Waals surface area contributed by atoms with Gasteiger partial charge in [0.15, 0.2) is 0 Å². The van der Waals surface area contributed by atoms with E-state index < -0.39 is 30.7 Å². The Bertz CT molecular complexity index is 125. The Morgan fingerprint density at radius 1 is 1.09 bits per heavy atom. The molecule has 1 rings (SSSR count).